The zero-order valence-electron chi connectivity index (χ0n) is 14.1. The maximum atomic E-state index is 12.4. The van der Waals surface area contributed by atoms with E-state index in [2.05, 4.69) is 24.1 Å². The van der Waals surface area contributed by atoms with E-state index in [0.717, 1.165) is 45.4 Å². The van der Waals surface area contributed by atoms with Gasteiger partial charge in [0.05, 0.1) is 12.7 Å². The van der Waals surface area contributed by atoms with E-state index in [9.17, 15) is 4.79 Å². The molecule has 0 amide bonds. The second kappa shape index (κ2) is 9.38. The number of esters is 1. The molecule has 1 saturated carbocycles. The van der Waals surface area contributed by atoms with Crippen molar-refractivity contribution >= 4 is 5.97 Å². The molecule has 1 fully saturated rings. The number of rotatable bonds is 9. The van der Waals surface area contributed by atoms with E-state index in [4.69, 9.17) is 9.47 Å². The lowest BCUT2D eigenvalue weighted by Crippen LogP contribution is -2.58. The lowest BCUT2D eigenvalue weighted by atomic mass is 9.80. The lowest BCUT2D eigenvalue weighted by molar-refractivity contribution is -0.155. The first-order valence-electron chi connectivity index (χ1n) is 8.29. The quantitative estimate of drug-likeness (QED) is 0.658. The highest BCUT2D eigenvalue weighted by molar-refractivity contribution is 5.81. The highest BCUT2D eigenvalue weighted by Gasteiger charge is 2.43. The second-order valence-corrected chi connectivity index (χ2v) is 5.71. The Kier molecular flexibility index (Phi) is 8.22. The smallest absolute Gasteiger partial charge is 0.326 e. The van der Waals surface area contributed by atoms with Crippen LogP contribution in [0.3, 0.4) is 0 Å². The van der Waals surface area contributed by atoms with Crippen LogP contribution in [0.25, 0.3) is 0 Å². The summed E-state index contributed by atoms with van der Waals surface area (Å²) in [6.07, 6.45) is 3.71. The summed E-state index contributed by atoms with van der Waals surface area (Å²) >= 11 is 0. The van der Waals surface area contributed by atoms with Crippen molar-refractivity contribution in [2.45, 2.75) is 58.1 Å². The number of nitrogens with zero attached hydrogens (tertiary/aromatic N) is 1. The number of hydrogen-bond acceptors (Lipinski definition) is 5. The Balaban J connectivity index is 2.66. The normalized spacial score (nSPS) is 26.0. The second-order valence-electron chi connectivity index (χ2n) is 5.71. The fraction of sp³-hybridized carbons (Fsp3) is 0.938. The monoisotopic (exact) mass is 300 g/mol. The Labute approximate surface area is 129 Å². The van der Waals surface area contributed by atoms with Crippen LogP contribution in [0.4, 0.5) is 0 Å². The number of methoxy groups -OCH3 is 1. The van der Waals surface area contributed by atoms with Gasteiger partial charge in [0.2, 0.25) is 0 Å². The van der Waals surface area contributed by atoms with Crippen LogP contribution in [0.15, 0.2) is 0 Å². The molecule has 5 heteroatoms. The third-order valence-corrected chi connectivity index (χ3v) is 4.49. The molecule has 0 bridgehead atoms. The maximum Gasteiger partial charge on any atom is 0.326 e. The van der Waals surface area contributed by atoms with Gasteiger partial charge < -0.3 is 19.7 Å². The predicted octanol–water partition coefficient (Wildman–Crippen LogP) is 1.81. The summed E-state index contributed by atoms with van der Waals surface area (Å²) in [4.78, 5) is 14.8. The number of hydrogen-bond donors (Lipinski definition) is 1. The van der Waals surface area contributed by atoms with Crippen molar-refractivity contribution in [2.75, 3.05) is 39.9 Å². The van der Waals surface area contributed by atoms with Gasteiger partial charge in [-0.25, -0.2) is 0 Å². The van der Waals surface area contributed by atoms with Gasteiger partial charge in [0.15, 0.2) is 0 Å². The number of likely N-dealkylation sites (N-methyl/N-ethyl adjacent to an activating group) is 1. The van der Waals surface area contributed by atoms with Gasteiger partial charge in [0, 0.05) is 26.6 Å². The van der Waals surface area contributed by atoms with Crippen molar-refractivity contribution in [3.63, 3.8) is 0 Å². The molecule has 1 aliphatic rings. The van der Waals surface area contributed by atoms with E-state index in [1.165, 1.54) is 0 Å². The average Bonchev–Trinajstić information content (AvgIpc) is 2.52. The first-order chi connectivity index (χ1) is 10.1. The fourth-order valence-corrected chi connectivity index (χ4v) is 3.11. The molecule has 1 rings (SSSR count). The Bertz CT molecular complexity index is 308. The Morgan fingerprint density at radius 1 is 1.33 bits per heavy atom. The van der Waals surface area contributed by atoms with Crippen molar-refractivity contribution in [1.82, 2.24) is 10.2 Å². The van der Waals surface area contributed by atoms with E-state index in [1.807, 2.05) is 6.92 Å². The summed E-state index contributed by atoms with van der Waals surface area (Å²) in [5.41, 5.74) is -0.567. The van der Waals surface area contributed by atoms with E-state index in [1.54, 1.807) is 7.11 Å². The van der Waals surface area contributed by atoms with Gasteiger partial charge in [-0.3, -0.25) is 4.79 Å². The van der Waals surface area contributed by atoms with Crippen LogP contribution in [0.5, 0.6) is 0 Å². The lowest BCUT2D eigenvalue weighted by Gasteiger charge is -2.39. The van der Waals surface area contributed by atoms with Gasteiger partial charge in [-0.2, -0.15) is 0 Å². The fourth-order valence-electron chi connectivity index (χ4n) is 3.11. The standard InChI is InChI=1S/C16H32N2O3/c1-5-18(6-2)12-11-17-16(15(19)21-7-3)10-8-9-14(13-16)20-4/h14,17H,5-13H2,1-4H3. The van der Waals surface area contributed by atoms with Gasteiger partial charge in [-0.1, -0.05) is 13.8 Å². The Morgan fingerprint density at radius 2 is 2.05 bits per heavy atom. The van der Waals surface area contributed by atoms with Gasteiger partial charge in [-0.05, 0) is 39.3 Å². The summed E-state index contributed by atoms with van der Waals surface area (Å²) in [7, 11) is 1.72. The molecule has 0 aromatic rings. The molecule has 0 aromatic carbocycles. The SMILES string of the molecule is CCOC(=O)C1(NCCN(CC)CC)CCCC(OC)C1. The van der Waals surface area contributed by atoms with E-state index in [-0.39, 0.29) is 12.1 Å². The van der Waals surface area contributed by atoms with Crippen LogP contribution >= 0.6 is 0 Å². The summed E-state index contributed by atoms with van der Waals surface area (Å²) in [5.74, 6) is -0.119. The minimum Gasteiger partial charge on any atom is -0.465 e. The van der Waals surface area contributed by atoms with E-state index in [0.29, 0.717) is 13.0 Å². The zero-order chi connectivity index (χ0) is 15.7. The first kappa shape index (κ1) is 18.4. The molecule has 0 spiro atoms. The van der Waals surface area contributed by atoms with Gasteiger partial charge in [-0.15, -0.1) is 0 Å². The van der Waals surface area contributed by atoms with Gasteiger partial charge in [0.25, 0.3) is 0 Å². The van der Waals surface area contributed by atoms with Crippen molar-refractivity contribution in [2.24, 2.45) is 0 Å². The molecule has 0 radical (unpaired) electrons. The van der Waals surface area contributed by atoms with Crippen LogP contribution in [0, 0.1) is 0 Å². The van der Waals surface area contributed by atoms with Crippen LogP contribution in [0.1, 0.15) is 46.5 Å². The molecule has 0 aromatic heterocycles. The largest absolute Gasteiger partial charge is 0.465 e. The Morgan fingerprint density at radius 3 is 2.62 bits per heavy atom. The molecule has 21 heavy (non-hydrogen) atoms. The minimum absolute atomic E-state index is 0.119. The molecular weight excluding hydrogens is 268 g/mol. The molecular formula is C16H32N2O3. The van der Waals surface area contributed by atoms with Crippen molar-refractivity contribution in [3.8, 4) is 0 Å². The van der Waals surface area contributed by atoms with Crippen LogP contribution in [-0.4, -0.2) is 62.4 Å². The number of nitrogens with one attached hydrogen (secondary N) is 1. The maximum absolute atomic E-state index is 12.4. The van der Waals surface area contributed by atoms with Crippen LogP contribution in [0.2, 0.25) is 0 Å². The summed E-state index contributed by atoms with van der Waals surface area (Å²) in [6.45, 7) is 10.4. The van der Waals surface area contributed by atoms with Gasteiger partial charge >= 0.3 is 5.97 Å². The zero-order valence-corrected chi connectivity index (χ0v) is 14.1. The van der Waals surface area contributed by atoms with E-state index >= 15 is 0 Å². The summed E-state index contributed by atoms with van der Waals surface area (Å²) in [5, 5.41) is 3.49. The number of carbonyl (C=O) groups is 1. The van der Waals surface area contributed by atoms with Crippen LogP contribution < -0.4 is 5.32 Å². The van der Waals surface area contributed by atoms with Crippen molar-refractivity contribution < 1.29 is 14.3 Å². The summed E-state index contributed by atoms with van der Waals surface area (Å²) in [6, 6.07) is 0. The van der Waals surface area contributed by atoms with Crippen LogP contribution in [-0.2, 0) is 14.3 Å². The molecule has 124 valence electrons. The molecule has 0 aliphatic heterocycles. The topological polar surface area (TPSA) is 50.8 Å². The molecule has 0 saturated heterocycles. The third kappa shape index (κ3) is 5.24. The molecule has 5 nitrogen and oxygen atoms in total. The number of ether oxygens (including phenoxy) is 2. The molecule has 2 unspecified atom stereocenters. The molecule has 1 N–H and O–H groups in total. The highest BCUT2D eigenvalue weighted by Crippen LogP contribution is 2.31. The van der Waals surface area contributed by atoms with Crippen molar-refractivity contribution in [3.05, 3.63) is 0 Å². The highest BCUT2D eigenvalue weighted by atomic mass is 16.5. The third-order valence-electron chi connectivity index (χ3n) is 4.49. The van der Waals surface area contributed by atoms with Gasteiger partial charge in [0.1, 0.15) is 5.54 Å². The van der Waals surface area contributed by atoms with Crippen molar-refractivity contribution in [1.29, 1.82) is 0 Å². The molecule has 2 atom stereocenters. The van der Waals surface area contributed by atoms with E-state index < -0.39 is 5.54 Å². The summed E-state index contributed by atoms with van der Waals surface area (Å²) < 4.78 is 10.8. The number of carbonyl (C=O) groups excluding carboxylic acids is 1. The predicted molar refractivity (Wildman–Crippen MR) is 84.4 cm³/mol. The first-order valence-corrected chi connectivity index (χ1v) is 8.29. The minimum atomic E-state index is -0.567. The Hall–Kier alpha value is -0.650. The average molecular weight is 300 g/mol. The molecule has 1 aliphatic carbocycles. The molecule has 0 heterocycles.